The number of halogens is 3. The molecule has 0 unspecified atom stereocenters. The number of hydrogen-bond acceptors (Lipinski definition) is 7. The Kier molecular flexibility index (Phi) is 10.7. The number of nitrogens with zero attached hydrogens (tertiary/aromatic N) is 4. The molecule has 3 aliphatic rings. The Hall–Kier alpha value is -0.0600. The first kappa shape index (κ1) is 27.0. The van der Waals surface area contributed by atoms with E-state index in [0.29, 0.717) is 27.4 Å². The van der Waals surface area contributed by atoms with Gasteiger partial charge in [0.2, 0.25) is 0 Å². The molecule has 1 aromatic carbocycles. The van der Waals surface area contributed by atoms with Crippen LogP contribution in [0.5, 0.6) is 5.75 Å². The molecule has 3 fully saturated rings. The smallest absolute Gasteiger partial charge is 0.260 e. The highest BCUT2D eigenvalue weighted by Crippen LogP contribution is 2.34. The molecule has 3 saturated heterocycles. The average molecular weight is 568 g/mol. The number of rotatable bonds is 9. The zero-order chi connectivity index (χ0) is 23.9. The summed E-state index contributed by atoms with van der Waals surface area (Å²) >= 11 is 22.3. The summed E-state index contributed by atoms with van der Waals surface area (Å²) in [7, 11) is 0. The predicted octanol–water partition coefficient (Wildman–Crippen LogP) is 4.33. The first-order chi connectivity index (χ1) is 16.5. The van der Waals surface area contributed by atoms with E-state index in [2.05, 4.69) is 25.9 Å². The van der Waals surface area contributed by atoms with Crippen molar-refractivity contribution in [1.82, 2.24) is 19.0 Å². The molecular formula is C23H33Cl3N4O2S2. The van der Waals surface area contributed by atoms with E-state index in [1.54, 1.807) is 12.1 Å². The molecule has 1 amide bonds. The lowest BCUT2D eigenvalue weighted by atomic mass is 10.1. The number of benzene rings is 1. The third-order valence-corrected chi connectivity index (χ3v) is 9.57. The highest BCUT2D eigenvalue weighted by atomic mass is 35.5. The van der Waals surface area contributed by atoms with Crippen LogP contribution in [-0.4, -0.2) is 114 Å². The van der Waals surface area contributed by atoms with Crippen LogP contribution in [0.3, 0.4) is 0 Å². The molecule has 0 N–H and O–H groups in total. The summed E-state index contributed by atoms with van der Waals surface area (Å²) in [6.45, 7) is 9.10. The fourth-order valence-corrected chi connectivity index (χ4v) is 7.31. The lowest BCUT2D eigenvalue weighted by Crippen LogP contribution is -2.58. The third-order valence-electron chi connectivity index (χ3n) is 6.54. The van der Waals surface area contributed by atoms with E-state index in [1.165, 1.54) is 37.4 Å². The molecule has 1 aromatic rings. The SMILES string of the molecule is O=C(COc1cc(Cl)c(Cl)cc1Cl)N1CCN(SCCN2CCSCC2)C[C@@H]1CN1CCCC1. The monoisotopic (exact) mass is 566 g/mol. The maximum absolute atomic E-state index is 13.2. The van der Waals surface area contributed by atoms with Gasteiger partial charge in [0.05, 0.1) is 21.1 Å². The normalized spacial score (nSPS) is 22.9. The summed E-state index contributed by atoms with van der Waals surface area (Å²) in [4.78, 5) is 20.2. The van der Waals surface area contributed by atoms with Crippen LogP contribution in [0.15, 0.2) is 12.1 Å². The summed E-state index contributed by atoms with van der Waals surface area (Å²) in [5, 5.41) is 1.07. The van der Waals surface area contributed by atoms with Gasteiger partial charge in [-0.3, -0.25) is 4.79 Å². The van der Waals surface area contributed by atoms with Crippen molar-refractivity contribution < 1.29 is 9.53 Å². The summed E-state index contributed by atoms with van der Waals surface area (Å²) < 4.78 is 8.22. The molecule has 3 aliphatic heterocycles. The van der Waals surface area contributed by atoms with E-state index in [0.717, 1.165) is 45.0 Å². The minimum absolute atomic E-state index is 0.0122. The standard InChI is InChI=1S/C23H33Cl3N4O2S2/c24-19-13-21(26)22(14-20(19)25)32-17-23(31)30-6-5-29(16-18(30)15-28-3-1-2-4-28)34-12-9-27-7-10-33-11-8-27/h13-14,18H,1-12,15-17H2/t18-/m0/s1. The van der Waals surface area contributed by atoms with Crippen molar-refractivity contribution in [2.45, 2.75) is 18.9 Å². The second-order valence-electron chi connectivity index (χ2n) is 8.91. The van der Waals surface area contributed by atoms with Gasteiger partial charge in [0.15, 0.2) is 6.61 Å². The number of thioether (sulfide) groups is 1. The lowest BCUT2D eigenvalue weighted by molar-refractivity contribution is -0.137. The van der Waals surface area contributed by atoms with E-state index in [-0.39, 0.29) is 18.6 Å². The van der Waals surface area contributed by atoms with Gasteiger partial charge in [-0.15, -0.1) is 0 Å². The van der Waals surface area contributed by atoms with Crippen LogP contribution in [0, 0.1) is 0 Å². The van der Waals surface area contributed by atoms with Crippen LogP contribution in [0.1, 0.15) is 12.8 Å². The maximum atomic E-state index is 13.2. The number of hydrogen-bond donors (Lipinski definition) is 0. The van der Waals surface area contributed by atoms with Crippen molar-refractivity contribution in [3.8, 4) is 5.75 Å². The Balaban J connectivity index is 1.31. The first-order valence-corrected chi connectivity index (χ1v) is 15.2. The molecule has 0 spiro atoms. The van der Waals surface area contributed by atoms with Gasteiger partial charge in [0.1, 0.15) is 5.75 Å². The van der Waals surface area contributed by atoms with Crippen LogP contribution in [0.25, 0.3) is 0 Å². The van der Waals surface area contributed by atoms with E-state index in [4.69, 9.17) is 39.5 Å². The van der Waals surface area contributed by atoms with E-state index in [9.17, 15) is 4.79 Å². The molecule has 1 atom stereocenters. The number of likely N-dealkylation sites (tertiary alicyclic amines) is 1. The zero-order valence-electron chi connectivity index (χ0n) is 19.4. The lowest BCUT2D eigenvalue weighted by Gasteiger charge is -2.42. The van der Waals surface area contributed by atoms with Gasteiger partial charge in [-0.05, 0) is 32.0 Å². The second kappa shape index (κ2) is 13.5. The zero-order valence-corrected chi connectivity index (χ0v) is 23.3. The Bertz CT molecular complexity index is 826. The Morgan fingerprint density at radius 1 is 0.971 bits per heavy atom. The highest BCUT2D eigenvalue weighted by molar-refractivity contribution is 7.99. The summed E-state index contributed by atoms with van der Waals surface area (Å²) in [5.41, 5.74) is 0. The summed E-state index contributed by atoms with van der Waals surface area (Å²) in [5.74, 6) is 3.97. The van der Waals surface area contributed by atoms with Crippen LogP contribution in [0.4, 0.5) is 0 Å². The average Bonchev–Trinajstić information content (AvgIpc) is 3.34. The van der Waals surface area contributed by atoms with Gasteiger partial charge in [0.25, 0.3) is 5.91 Å². The van der Waals surface area contributed by atoms with Crippen LogP contribution in [0.2, 0.25) is 15.1 Å². The van der Waals surface area contributed by atoms with Crippen LogP contribution >= 0.6 is 58.5 Å². The van der Waals surface area contributed by atoms with Crippen molar-refractivity contribution in [2.75, 3.05) is 82.8 Å². The van der Waals surface area contributed by atoms with E-state index >= 15 is 0 Å². The molecule has 11 heteroatoms. The van der Waals surface area contributed by atoms with Gasteiger partial charge in [-0.1, -0.05) is 46.8 Å². The van der Waals surface area contributed by atoms with Crippen molar-refractivity contribution in [2.24, 2.45) is 0 Å². The molecular weight excluding hydrogens is 535 g/mol. The molecule has 190 valence electrons. The van der Waals surface area contributed by atoms with Crippen molar-refractivity contribution in [1.29, 1.82) is 0 Å². The number of carbonyl (C=O) groups excluding carboxylic acids is 1. The molecule has 0 saturated carbocycles. The van der Waals surface area contributed by atoms with Crippen LogP contribution < -0.4 is 4.74 Å². The van der Waals surface area contributed by atoms with Crippen molar-refractivity contribution in [3.63, 3.8) is 0 Å². The van der Waals surface area contributed by atoms with Gasteiger partial charge in [-0.2, -0.15) is 11.8 Å². The maximum Gasteiger partial charge on any atom is 0.260 e. The fraction of sp³-hybridized carbons (Fsp3) is 0.696. The number of amides is 1. The Morgan fingerprint density at radius 3 is 2.47 bits per heavy atom. The van der Waals surface area contributed by atoms with Crippen molar-refractivity contribution >= 4 is 64.4 Å². The van der Waals surface area contributed by atoms with Gasteiger partial charge >= 0.3 is 0 Å². The molecule has 0 aliphatic carbocycles. The van der Waals surface area contributed by atoms with Gasteiger partial charge in [-0.25, -0.2) is 4.31 Å². The first-order valence-electron chi connectivity index (χ1n) is 12.0. The molecule has 0 aromatic heterocycles. The fourth-order valence-electron chi connectivity index (χ4n) is 4.65. The summed E-state index contributed by atoms with van der Waals surface area (Å²) in [6, 6.07) is 3.27. The minimum atomic E-state index is -0.0612. The number of ether oxygens (including phenoxy) is 1. The van der Waals surface area contributed by atoms with E-state index < -0.39 is 0 Å². The van der Waals surface area contributed by atoms with Gasteiger partial charge < -0.3 is 19.4 Å². The van der Waals surface area contributed by atoms with E-state index in [1.807, 2.05) is 16.8 Å². The number of carbonyl (C=O) groups is 1. The van der Waals surface area contributed by atoms with Crippen molar-refractivity contribution in [3.05, 3.63) is 27.2 Å². The quantitative estimate of drug-likeness (QED) is 0.325. The topological polar surface area (TPSA) is 39.3 Å². The molecule has 6 nitrogen and oxygen atoms in total. The molecule has 34 heavy (non-hydrogen) atoms. The summed E-state index contributed by atoms with van der Waals surface area (Å²) in [6.07, 6.45) is 2.48. The Labute approximate surface area is 226 Å². The molecule has 0 bridgehead atoms. The predicted molar refractivity (Wildman–Crippen MR) is 146 cm³/mol. The second-order valence-corrected chi connectivity index (χ2v) is 12.5. The molecule has 0 radical (unpaired) electrons. The molecule has 3 heterocycles. The third kappa shape index (κ3) is 7.72. The highest BCUT2D eigenvalue weighted by Gasteiger charge is 2.33. The Morgan fingerprint density at radius 2 is 1.71 bits per heavy atom. The van der Waals surface area contributed by atoms with Gasteiger partial charge in [0, 0.05) is 69.1 Å². The van der Waals surface area contributed by atoms with Crippen LogP contribution in [-0.2, 0) is 4.79 Å². The number of piperazine rings is 1. The molecule has 4 rings (SSSR count). The minimum Gasteiger partial charge on any atom is -0.482 e. The largest absolute Gasteiger partial charge is 0.482 e.